The summed E-state index contributed by atoms with van der Waals surface area (Å²) in [5.74, 6) is -2.23. The summed E-state index contributed by atoms with van der Waals surface area (Å²) >= 11 is 6.58. The lowest BCUT2D eigenvalue weighted by Crippen LogP contribution is -2.56. The average Bonchev–Trinajstić information content (AvgIpc) is 3.22. The number of aliphatic hydroxyl groups excluding tert-OH is 1. The highest BCUT2D eigenvalue weighted by molar-refractivity contribution is 6.34. The topological polar surface area (TPSA) is 99.6 Å². The Morgan fingerprint density at radius 2 is 1.69 bits per heavy atom. The van der Waals surface area contributed by atoms with Gasteiger partial charge in [0.1, 0.15) is 17.4 Å². The van der Waals surface area contributed by atoms with Gasteiger partial charge in [0.2, 0.25) is 11.8 Å². The Morgan fingerprint density at radius 1 is 0.976 bits per heavy atom. The van der Waals surface area contributed by atoms with Gasteiger partial charge in [-0.05, 0) is 56.7 Å². The molecule has 5 atom stereocenters. The van der Waals surface area contributed by atoms with Gasteiger partial charge in [0.15, 0.2) is 0 Å². The number of anilines is 2. The van der Waals surface area contributed by atoms with Crippen LogP contribution in [0.4, 0.5) is 11.4 Å². The van der Waals surface area contributed by atoms with Crippen LogP contribution >= 0.6 is 11.6 Å². The third kappa shape index (κ3) is 4.17. The molecule has 2 saturated heterocycles. The molecule has 4 aliphatic heterocycles. The van der Waals surface area contributed by atoms with Gasteiger partial charge >= 0.3 is 0 Å². The van der Waals surface area contributed by atoms with E-state index in [1.165, 1.54) is 4.90 Å². The first-order valence-corrected chi connectivity index (χ1v) is 14.6. The Kier molecular flexibility index (Phi) is 7.15. The van der Waals surface area contributed by atoms with Crippen molar-refractivity contribution in [1.29, 1.82) is 0 Å². The Balaban J connectivity index is 1.44. The summed E-state index contributed by atoms with van der Waals surface area (Å²) in [7, 11) is 0. The standard InChI is InChI=1S/C32H34ClN3O6/c1-4-41-22-12-10-21(11-13-22)34-16-6-14-31(3)24(28(34)38)25-29(39)36(18-19-37)27-30(40)35(17-7-15-32(25,27)42-31)26-20(2)8-5-9-23(26)33/h5-15,24-25,27,37H,4,16-19H2,1-3H3/t24-,25-,27?,31+,32-/m0/s1. The van der Waals surface area contributed by atoms with E-state index in [9.17, 15) is 19.5 Å². The van der Waals surface area contributed by atoms with Crippen LogP contribution < -0.4 is 14.5 Å². The second kappa shape index (κ2) is 10.6. The van der Waals surface area contributed by atoms with Gasteiger partial charge in [-0.15, -0.1) is 0 Å². The molecule has 1 unspecified atom stereocenters. The van der Waals surface area contributed by atoms with E-state index in [2.05, 4.69) is 0 Å². The highest BCUT2D eigenvalue weighted by Gasteiger charge is 2.74. The number of nitrogens with zero attached hydrogens (tertiary/aromatic N) is 3. The van der Waals surface area contributed by atoms with Gasteiger partial charge < -0.3 is 29.3 Å². The molecule has 0 aliphatic carbocycles. The first-order valence-electron chi connectivity index (χ1n) is 14.2. The third-order valence-corrected chi connectivity index (χ3v) is 9.12. The smallest absolute Gasteiger partial charge is 0.253 e. The summed E-state index contributed by atoms with van der Waals surface area (Å²) in [4.78, 5) is 47.8. The molecule has 42 heavy (non-hydrogen) atoms. The molecule has 4 heterocycles. The minimum absolute atomic E-state index is 0.0733. The van der Waals surface area contributed by atoms with Crippen molar-refractivity contribution >= 4 is 40.7 Å². The Labute approximate surface area is 249 Å². The molecule has 10 heteroatoms. The molecule has 0 saturated carbocycles. The number of aliphatic hydroxyl groups is 1. The highest BCUT2D eigenvalue weighted by atomic mass is 35.5. The number of hydrogen-bond acceptors (Lipinski definition) is 6. The molecular weight excluding hydrogens is 558 g/mol. The molecule has 2 aromatic carbocycles. The molecule has 3 amide bonds. The summed E-state index contributed by atoms with van der Waals surface area (Å²) in [5, 5.41) is 10.4. The minimum atomic E-state index is -1.42. The Morgan fingerprint density at radius 3 is 2.38 bits per heavy atom. The van der Waals surface area contributed by atoms with Crippen molar-refractivity contribution in [2.45, 2.75) is 38.0 Å². The van der Waals surface area contributed by atoms with Crippen molar-refractivity contribution in [2.75, 3.05) is 42.6 Å². The van der Waals surface area contributed by atoms with Crippen molar-refractivity contribution < 1.29 is 29.0 Å². The predicted molar refractivity (Wildman–Crippen MR) is 159 cm³/mol. The van der Waals surface area contributed by atoms with Crippen LogP contribution in [0.5, 0.6) is 5.75 Å². The molecule has 2 aromatic rings. The van der Waals surface area contributed by atoms with Gasteiger partial charge in [-0.1, -0.05) is 48.0 Å². The average molecular weight is 592 g/mol. The van der Waals surface area contributed by atoms with Crippen LogP contribution in [-0.2, 0) is 19.1 Å². The van der Waals surface area contributed by atoms with Gasteiger partial charge in [0, 0.05) is 25.3 Å². The van der Waals surface area contributed by atoms with E-state index in [0.717, 1.165) is 5.56 Å². The molecule has 0 radical (unpaired) electrons. The molecule has 4 aliphatic rings. The number of likely N-dealkylation sites (tertiary alicyclic amines) is 1. The van der Waals surface area contributed by atoms with Crippen LogP contribution in [0.15, 0.2) is 66.8 Å². The number of hydrogen-bond donors (Lipinski definition) is 1. The van der Waals surface area contributed by atoms with Crippen LogP contribution in [0, 0.1) is 18.8 Å². The van der Waals surface area contributed by atoms with E-state index < -0.39 is 35.0 Å². The summed E-state index contributed by atoms with van der Waals surface area (Å²) in [5.41, 5.74) is -0.541. The number of para-hydroxylation sites is 1. The molecule has 0 bridgehead atoms. The molecule has 1 spiro atoms. The van der Waals surface area contributed by atoms with E-state index in [-0.39, 0.29) is 31.5 Å². The lowest BCUT2D eigenvalue weighted by atomic mass is 9.74. The second-order valence-corrected chi connectivity index (χ2v) is 11.7. The number of carbonyl (C=O) groups excluding carboxylic acids is 3. The zero-order valence-electron chi connectivity index (χ0n) is 23.8. The lowest BCUT2D eigenvalue weighted by molar-refractivity contribution is -0.144. The van der Waals surface area contributed by atoms with E-state index in [0.29, 0.717) is 35.3 Å². The van der Waals surface area contributed by atoms with Crippen molar-refractivity contribution in [3.8, 4) is 5.75 Å². The molecule has 2 fully saturated rings. The summed E-state index contributed by atoms with van der Waals surface area (Å²) in [6, 6.07) is 11.6. The fraction of sp³-hybridized carbons (Fsp3) is 0.406. The zero-order chi connectivity index (χ0) is 29.8. The SMILES string of the molecule is CCOc1ccc(N2CC=C[C@@]3(C)O[C@]45C=CCN(c6c(C)cccc6Cl)C(=O)C4N(CCO)C(=O)[C@@H]5[C@H]3C2=O)cc1. The van der Waals surface area contributed by atoms with E-state index in [4.69, 9.17) is 21.1 Å². The van der Waals surface area contributed by atoms with E-state index >= 15 is 0 Å². The quantitative estimate of drug-likeness (QED) is 0.516. The molecular formula is C32H34ClN3O6. The lowest BCUT2D eigenvalue weighted by Gasteiger charge is -2.37. The minimum Gasteiger partial charge on any atom is -0.494 e. The number of rotatable bonds is 6. The summed E-state index contributed by atoms with van der Waals surface area (Å²) < 4.78 is 12.4. The predicted octanol–water partition coefficient (Wildman–Crippen LogP) is 3.52. The Hall–Kier alpha value is -3.66. The molecule has 1 N–H and O–H groups in total. The largest absolute Gasteiger partial charge is 0.494 e. The first kappa shape index (κ1) is 28.5. The van der Waals surface area contributed by atoms with Crippen LogP contribution in [-0.4, -0.2) is 77.8 Å². The van der Waals surface area contributed by atoms with Crippen molar-refractivity contribution in [1.82, 2.24) is 4.90 Å². The number of benzene rings is 2. The number of amides is 3. The van der Waals surface area contributed by atoms with E-state index in [1.807, 2.05) is 68.5 Å². The van der Waals surface area contributed by atoms with E-state index in [1.54, 1.807) is 28.9 Å². The maximum Gasteiger partial charge on any atom is 0.253 e. The zero-order valence-corrected chi connectivity index (χ0v) is 24.6. The van der Waals surface area contributed by atoms with Gasteiger partial charge in [0.25, 0.3) is 5.91 Å². The second-order valence-electron chi connectivity index (χ2n) is 11.3. The number of β-amino-alcohol motifs (C(OH)–C–C–N with tert-alkyl or cyclic N) is 1. The van der Waals surface area contributed by atoms with Gasteiger partial charge in [-0.3, -0.25) is 14.4 Å². The first-order chi connectivity index (χ1) is 20.2. The molecule has 0 aromatic heterocycles. The molecule has 9 nitrogen and oxygen atoms in total. The van der Waals surface area contributed by atoms with Gasteiger partial charge in [0.05, 0.1) is 41.4 Å². The maximum absolute atomic E-state index is 14.5. The fourth-order valence-corrected chi connectivity index (χ4v) is 7.48. The fourth-order valence-electron chi connectivity index (χ4n) is 7.16. The number of carbonyl (C=O) groups is 3. The van der Waals surface area contributed by atoms with Gasteiger partial charge in [-0.2, -0.15) is 0 Å². The number of halogens is 1. The molecule has 220 valence electrons. The number of fused-ring (bicyclic) bond motifs is 2. The summed E-state index contributed by atoms with van der Waals surface area (Å²) in [6.07, 6.45) is 7.32. The van der Waals surface area contributed by atoms with Crippen LogP contribution in [0.3, 0.4) is 0 Å². The highest BCUT2D eigenvalue weighted by Crippen LogP contribution is 2.57. The normalized spacial score (nSPS) is 30.3. The Bertz CT molecular complexity index is 1470. The van der Waals surface area contributed by atoms with Crippen LogP contribution in [0.2, 0.25) is 5.02 Å². The van der Waals surface area contributed by atoms with Crippen molar-refractivity contribution in [2.24, 2.45) is 11.8 Å². The van der Waals surface area contributed by atoms with Crippen LogP contribution in [0.25, 0.3) is 0 Å². The van der Waals surface area contributed by atoms with Crippen LogP contribution in [0.1, 0.15) is 19.4 Å². The summed E-state index contributed by atoms with van der Waals surface area (Å²) in [6.45, 7) is 6.20. The monoisotopic (exact) mass is 591 g/mol. The van der Waals surface area contributed by atoms with Crippen molar-refractivity contribution in [3.05, 3.63) is 77.4 Å². The van der Waals surface area contributed by atoms with Crippen molar-refractivity contribution in [3.63, 3.8) is 0 Å². The number of ether oxygens (including phenoxy) is 2. The number of aryl methyl sites for hydroxylation is 1. The maximum atomic E-state index is 14.5. The van der Waals surface area contributed by atoms with Gasteiger partial charge in [-0.25, -0.2) is 0 Å². The molecule has 6 rings (SSSR count). The third-order valence-electron chi connectivity index (χ3n) is 8.82.